The summed E-state index contributed by atoms with van der Waals surface area (Å²) >= 11 is 0. The van der Waals surface area contributed by atoms with Crippen LogP contribution in [-0.2, 0) is 6.54 Å². The van der Waals surface area contributed by atoms with E-state index in [9.17, 15) is 0 Å². The summed E-state index contributed by atoms with van der Waals surface area (Å²) in [7, 11) is 0. The van der Waals surface area contributed by atoms with Gasteiger partial charge in [-0.15, -0.1) is 0 Å². The highest BCUT2D eigenvalue weighted by atomic mass is 15.2. The largest absolute Gasteiger partial charge is 0.316 e. The molecule has 2 aliphatic rings. The fourth-order valence-electron chi connectivity index (χ4n) is 2.92. The molecule has 80 valence electrons. The third kappa shape index (κ3) is 1.80. The molecule has 2 heteroatoms. The summed E-state index contributed by atoms with van der Waals surface area (Å²) in [4.78, 5) is 2.56. The molecule has 1 N–H and O–H groups in total. The Morgan fingerprint density at radius 2 is 2.00 bits per heavy atom. The molecule has 1 aromatic carbocycles. The van der Waals surface area contributed by atoms with E-state index < -0.39 is 0 Å². The average Bonchev–Trinajstić information content (AvgIpc) is 2.68. The van der Waals surface area contributed by atoms with E-state index >= 15 is 0 Å². The lowest BCUT2D eigenvalue weighted by Gasteiger charge is -2.48. The summed E-state index contributed by atoms with van der Waals surface area (Å²) < 4.78 is 0. The number of likely N-dealkylation sites (tertiary alicyclic amines) is 1. The summed E-state index contributed by atoms with van der Waals surface area (Å²) in [5.41, 5.74) is 2.08. The van der Waals surface area contributed by atoms with Crippen LogP contribution < -0.4 is 5.32 Å². The first-order valence-corrected chi connectivity index (χ1v) is 5.83. The van der Waals surface area contributed by atoms with Crippen molar-refractivity contribution in [2.75, 3.05) is 26.2 Å². The fraction of sp³-hybridized carbons (Fsp3) is 0.538. The minimum Gasteiger partial charge on any atom is -0.316 e. The van der Waals surface area contributed by atoms with Gasteiger partial charge < -0.3 is 5.32 Å². The van der Waals surface area contributed by atoms with Crippen LogP contribution in [0.15, 0.2) is 30.3 Å². The Hall–Kier alpha value is -0.860. The molecule has 0 saturated carbocycles. The summed E-state index contributed by atoms with van der Waals surface area (Å²) in [5.74, 6) is 0. The molecule has 1 aromatic rings. The molecular formula is C13H18N2. The van der Waals surface area contributed by atoms with Gasteiger partial charge in [-0.1, -0.05) is 30.3 Å². The zero-order chi connectivity index (χ0) is 10.1. The van der Waals surface area contributed by atoms with E-state index in [-0.39, 0.29) is 0 Å². The van der Waals surface area contributed by atoms with Gasteiger partial charge in [0.05, 0.1) is 0 Å². The van der Waals surface area contributed by atoms with Crippen LogP contribution in [-0.4, -0.2) is 31.1 Å². The fourth-order valence-corrected chi connectivity index (χ4v) is 2.92. The Morgan fingerprint density at radius 1 is 1.20 bits per heavy atom. The maximum atomic E-state index is 3.47. The van der Waals surface area contributed by atoms with Gasteiger partial charge in [-0.2, -0.15) is 0 Å². The molecule has 3 rings (SSSR count). The molecule has 0 aliphatic carbocycles. The van der Waals surface area contributed by atoms with E-state index in [1.165, 1.54) is 38.2 Å². The van der Waals surface area contributed by atoms with E-state index in [1.54, 1.807) is 0 Å². The quantitative estimate of drug-likeness (QED) is 0.781. The van der Waals surface area contributed by atoms with E-state index in [1.807, 2.05) is 0 Å². The molecule has 15 heavy (non-hydrogen) atoms. The average molecular weight is 202 g/mol. The first kappa shape index (κ1) is 9.37. The smallest absolute Gasteiger partial charge is 0.0234 e. The second-order valence-corrected chi connectivity index (χ2v) is 5.06. The minimum absolute atomic E-state index is 0.634. The number of hydrogen-bond donors (Lipinski definition) is 1. The molecule has 0 unspecified atom stereocenters. The molecule has 2 aliphatic heterocycles. The Morgan fingerprint density at radius 3 is 2.67 bits per heavy atom. The molecule has 0 amide bonds. The zero-order valence-corrected chi connectivity index (χ0v) is 9.08. The lowest BCUT2D eigenvalue weighted by atomic mass is 9.79. The van der Waals surface area contributed by atoms with Crippen molar-refractivity contribution in [2.24, 2.45) is 5.41 Å². The molecule has 0 radical (unpaired) electrons. The van der Waals surface area contributed by atoms with Crippen LogP contribution in [0.2, 0.25) is 0 Å². The predicted octanol–water partition coefficient (Wildman–Crippen LogP) is 1.48. The number of nitrogens with zero attached hydrogens (tertiary/aromatic N) is 1. The van der Waals surface area contributed by atoms with Crippen LogP contribution in [0.3, 0.4) is 0 Å². The van der Waals surface area contributed by atoms with Crippen LogP contribution >= 0.6 is 0 Å². The van der Waals surface area contributed by atoms with Gasteiger partial charge in [-0.25, -0.2) is 0 Å². The molecular weight excluding hydrogens is 184 g/mol. The molecule has 2 heterocycles. The number of nitrogens with one attached hydrogen (secondary N) is 1. The molecule has 2 fully saturated rings. The SMILES string of the molecule is c1ccc(CN2CC3(CCNC3)C2)cc1. The van der Waals surface area contributed by atoms with E-state index in [0.29, 0.717) is 5.41 Å². The molecule has 0 bridgehead atoms. The van der Waals surface area contributed by atoms with Crippen molar-refractivity contribution in [2.45, 2.75) is 13.0 Å². The second kappa shape index (κ2) is 3.62. The van der Waals surface area contributed by atoms with Crippen LogP contribution in [0.5, 0.6) is 0 Å². The van der Waals surface area contributed by atoms with Gasteiger partial charge in [0.25, 0.3) is 0 Å². The minimum atomic E-state index is 0.634. The maximum absolute atomic E-state index is 3.47. The first-order chi connectivity index (χ1) is 7.36. The number of rotatable bonds is 2. The van der Waals surface area contributed by atoms with Crippen LogP contribution in [0, 0.1) is 5.41 Å². The second-order valence-electron chi connectivity index (χ2n) is 5.06. The summed E-state index contributed by atoms with van der Waals surface area (Å²) in [6.45, 7) is 6.16. The van der Waals surface area contributed by atoms with Crippen molar-refractivity contribution in [1.29, 1.82) is 0 Å². The topological polar surface area (TPSA) is 15.3 Å². The van der Waals surface area contributed by atoms with Gasteiger partial charge in [0.1, 0.15) is 0 Å². The van der Waals surface area contributed by atoms with Gasteiger partial charge in [0.15, 0.2) is 0 Å². The van der Waals surface area contributed by atoms with Gasteiger partial charge >= 0.3 is 0 Å². The van der Waals surface area contributed by atoms with Crippen molar-refractivity contribution >= 4 is 0 Å². The predicted molar refractivity (Wildman–Crippen MR) is 61.6 cm³/mol. The van der Waals surface area contributed by atoms with E-state index in [2.05, 4.69) is 40.5 Å². The van der Waals surface area contributed by atoms with Crippen LogP contribution in [0.4, 0.5) is 0 Å². The third-order valence-electron chi connectivity index (χ3n) is 3.70. The maximum Gasteiger partial charge on any atom is 0.0234 e. The van der Waals surface area contributed by atoms with Crippen LogP contribution in [0.1, 0.15) is 12.0 Å². The lowest BCUT2D eigenvalue weighted by Crippen LogP contribution is -2.56. The Kier molecular flexibility index (Phi) is 2.26. The number of hydrogen-bond acceptors (Lipinski definition) is 2. The highest BCUT2D eigenvalue weighted by molar-refractivity contribution is 5.15. The normalized spacial score (nSPS) is 24.3. The van der Waals surface area contributed by atoms with E-state index in [4.69, 9.17) is 0 Å². The van der Waals surface area contributed by atoms with Crippen molar-refractivity contribution in [1.82, 2.24) is 10.2 Å². The Bertz CT molecular complexity index is 320. The van der Waals surface area contributed by atoms with E-state index in [0.717, 1.165) is 6.54 Å². The first-order valence-electron chi connectivity index (χ1n) is 5.83. The highest BCUT2D eigenvalue weighted by Gasteiger charge is 2.44. The molecule has 1 spiro atoms. The van der Waals surface area contributed by atoms with Gasteiger partial charge in [0, 0.05) is 31.6 Å². The van der Waals surface area contributed by atoms with Gasteiger partial charge in [0.2, 0.25) is 0 Å². The molecule has 2 saturated heterocycles. The standard InChI is InChI=1S/C13H18N2/c1-2-4-12(5-3-1)8-15-10-13(11-15)6-7-14-9-13/h1-5,14H,6-11H2. The number of benzene rings is 1. The van der Waals surface area contributed by atoms with Crippen molar-refractivity contribution < 1.29 is 0 Å². The highest BCUT2D eigenvalue weighted by Crippen LogP contribution is 2.36. The van der Waals surface area contributed by atoms with Crippen molar-refractivity contribution in [3.8, 4) is 0 Å². The van der Waals surface area contributed by atoms with Gasteiger partial charge in [-0.05, 0) is 18.5 Å². The summed E-state index contributed by atoms with van der Waals surface area (Å²) in [6.07, 6.45) is 1.37. The van der Waals surface area contributed by atoms with Gasteiger partial charge in [-0.3, -0.25) is 4.90 Å². The van der Waals surface area contributed by atoms with Crippen LogP contribution in [0.25, 0.3) is 0 Å². The zero-order valence-electron chi connectivity index (χ0n) is 9.08. The molecule has 0 aromatic heterocycles. The van der Waals surface area contributed by atoms with Crippen molar-refractivity contribution in [3.63, 3.8) is 0 Å². The van der Waals surface area contributed by atoms with Crippen molar-refractivity contribution in [3.05, 3.63) is 35.9 Å². The monoisotopic (exact) mass is 202 g/mol. The summed E-state index contributed by atoms with van der Waals surface area (Å²) in [6, 6.07) is 10.8. The lowest BCUT2D eigenvalue weighted by molar-refractivity contribution is 0.0103. The molecule has 2 nitrogen and oxygen atoms in total. The Balaban J connectivity index is 1.56. The summed E-state index contributed by atoms with van der Waals surface area (Å²) in [5, 5.41) is 3.47. The third-order valence-corrected chi connectivity index (χ3v) is 3.70. The molecule has 0 atom stereocenters. The Labute approximate surface area is 91.3 Å².